The van der Waals surface area contributed by atoms with Crippen molar-refractivity contribution in [2.75, 3.05) is 6.54 Å². The summed E-state index contributed by atoms with van der Waals surface area (Å²) in [5.41, 5.74) is 1.19. The lowest BCUT2D eigenvalue weighted by atomic mass is 10.2. The Hall–Kier alpha value is -1.33. The molecule has 1 aromatic carbocycles. The number of rotatable bonds is 6. The lowest BCUT2D eigenvalue weighted by Crippen LogP contribution is -2.18. The predicted molar refractivity (Wildman–Crippen MR) is 83.4 cm³/mol. The highest BCUT2D eigenvalue weighted by atomic mass is 32.1. The van der Waals surface area contributed by atoms with Crippen molar-refractivity contribution in [3.8, 4) is 10.6 Å². The molecule has 0 atom stereocenters. The number of nitrogens with one attached hydrogen (secondary N) is 1. The molecule has 1 aromatic heterocycles. The van der Waals surface area contributed by atoms with Gasteiger partial charge in [-0.15, -0.1) is 11.3 Å². The van der Waals surface area contributed by atoms with Crippen LogP contribution in [0.1, 0.15) is 31.3 Å². The van der Waals surface area contributed by atoms with Crippen molar-refractivity contribution in [1.29, 1.82) is 0 Å². The highest BCUT2D eigenvalue weighted by molar-refractivity contribution is 7.15. The summed E-state index contributed by atoms with van der Waals surface area (Å²) >= 11 is 1.43. The van der Waals surface area contributed by atoms with Crippen LogP contribution in [-0.4, -0.2) is 11.5 Å². The molecule has 0 aliphatic rings. The van der Waals surface area contributed by atoms with Crippen molar-refractivity contribution in [2.24, 2.45) is 5.92 Å². The van der Waals surface area contributed by atoms with Crippen molar-refractivity contribution >= 4 is 11.3 Å². The van der Waals surface area contributed by atoms with E-state index >= 15 is 0 Å². The van der Waals surface area contributed by atoms with E-state index in [-0.39, 0.29) is 5.56 Å². The molecule has 0 unspecified atom stereocenters. The van der Waals surface area contributed by atoms with Crippen LogP contribution in [0.25, 0.3) is 10.6 Å². The summed E-state index contributed by atoms with van der Waals surface area (Å²) in [6.45, 7) is 7.95. The molecular weight excluding hydrogens is 290 g/mol. The molecule has 0 aliphatic carbocycles. The molecule has 0 amide bonds. The largest absolute Gasteiger partial charge is 0.312 e. The van der Waals surface area contributed by atoms with Gasteiger partial charge in [0.1, 0.15) is 16.6 Å². The van der Waals surface area contributed by atoms with E-state index in [1.54, 1.807) is 0 Å². The molecule has 0 radical (unpaired) electrons. The Morgan fingerprint density at radius 2 is 2.05 bits per heavy atom. The Bertz CT molecular complexity index is 608. The van der Waals surface area contributed by atoms with Gasteiger partial charge in [0.05, 0.1) is 5.69 Å². The lowest BCUT2D eigenvalue weighted by Gasteiger charge is -2.06. The zero-order valence-electron chi connectivity index (χ0n) is 12.5. The molecule has 1 heterocycles. The van der Waals surface area contributed by atoms with E-state index < -0.39 is 11.6 Å². The maximum absolute atomic E-state index is 13.8. The summed E-state index contributed by atoms with van der Waals surface area (Å²) in [5.74, 6) is -0.309. The van der Waals surface area contributed by atoms with Crippen LogP contribution in [0.15, 0.2) is 18.2 Å². The standard InChI is InChI=1S/C16H20F2N2S/c1-4-14-15(9-19-8-10(2)3)21-16(20-14)12-7-11(17)5-6-13(12)18/h5-7,10,19H,4,8-9H2,1-3H3. The molecule has 0 fully saturated rings. The molecule has 1 N–H and O–H groups in total. The third kappa shape index (κ3) is 4.08. The Morgan fingerprint density at radius 3 is 2.71 bits per heavy atom. The summed E-state index contributed by atoms with van der Waals surface area (Å²) in [6.07, 6.45) is 0.784. The molecule has 0 spiro atoms. The van der Waals surface area contributed by atoms with Crippen LogP contribution >= 0.6 is 11.3 Å². The van der Waals surface area contributed by atoms with Crippen molar-refractivity contribution in [1.82, 2.24) is 10.3 Å². The highest BCUT2D eigenvalue weighted by Crippen LogP contribution is 2.30. The van der Waals surface area contributed by atoms with E-state index in [1.165, 1.54) is 17.4 Å². The number of aryl methyl sites for hydroxylation is 1. The van der Waals surface area contributed by atoms with Crippen LogP contribution in [0, 0.1) is 17.6 Å². The average Bonchev–Trinajstić information content (AvgIpc) is 2.84. The molecular formula is C16H20F2N2S. The van der Waals surface area contributed by atoms with Gasteiger partial charge in [-0.1, -0.05) is 20.8 Å². The van der Waals surface area contributed by atoms with Gasteiger partial charge in [0.15, 0.2) is 0 Å². The molecule has 2 nitrogen and oxygen atoms in total. The molecule has 5 heteroatoms. The van der Waals surface area contributed by atoms with Crippen molar-refractivity contribution in [3.63, 3.8) is 0 Å². The zero-order chi connectivity index (χ0) is 15.4. The minimum Gasteiger partial charge on any atom is -0.312 e. The molecule has 0 aliphatic heterocycles. The Morgan fingerprint density at radius 1 is 1.29 bits per heavy atom. The first kappa shape index (κ1) is 16.0. The van der Waals surface area contributed by atoms with E-state index in [0.717, 1.165) is 42.2 Å². The maximum Gasteiger partial charge on any atom is 0.133 e. The number of benzene rings is 1. The zero-order valence-corrected chi connectivity index (χ0v) is 13.4. The Labute approximate surface area is 128 Å². The van der Waals surface area contributed by atoms with Gasteiger partial charge < -0.3 is 5.32 Å². The normalized spacial score (nSPS) is 11.3. The summed E-state index contributed by atoms with van der Waals surface area (Å²) in [6, 6.07) is 3.48. The molecule has 2 aromatic rings. The van der Waals surface area contributed by atoms with E-state index in [4.69, 9.17) is 0 Å². The third-order valence-electron chi connectivity index (χ3n) is 3.11. The number of halogens is 2. The summed E-state index contributed by atoms with van der Waals surface area (Å²) in [5, 5.41) is 3.92. The summed E-state index contributed by atoms with van der Waals surface area (Å²) < 4.78 is 27.2. The van der Waals surface area contributed by atoms with Crippen LogP contribution in [0.2, 0.25) is 0 Å². The van der Waals surface area contributed by atoms with Gasteiger partial charge >= 0.3 is 0 Å². The highest BCUT2D eigenvalue weighted by Gasteiger charge is 2.15. The van der Waals surface area contributed by atoms with Crippen LogP contribution in [0.5, 0.6) is 0 Å². The van der Waals surface area contributed by atoms with Gasteiger partial charge in [-0.2, -0.15) is 0 Å². The fourth-order valence-corrected chi connectivity index (χ4v) is 3.19. The lowest BCUT2D eigenvalue weighted by molar-refractivity contribution is 0.553. The Kier molecular flexibility index (Phi) is 5.42. The van der Waals surface area contributed by atoms with Crippen LogP contribution in [0.4, 0.5) is 8.78 Å². The second-order valence-electron chi connectivity index (χ2n) is 5.39. The number of thiazole rings is 1. The third-order valence-corrected chi connectivity index (χ3v) is 4.24. The first-order valence-corrected chi connectivity index (χ1v) is 7.97. The van der Waals surface area contributed by atoms with E-state index in [2.05, 4.69) is 24.1 Å². The van der Waals surface area contributed by atoms with Gasteiger partial charge in [0.25, 0.3) is 0 Å². The van der Waals surface area contributed by atoms with Gasteiger partial charge in [0, 0.05) is 17.0 Å². The fourth-order valence-electron chi connectivity index (χ4n) is 2.05. The fraction of sp³-hybridized carbons (Fsp3) is 0.438. The summed E-state index contributed by atoms with van der Waals surface area (Å²) in [7, 11) is 0. The summed E-state index contributed by atoms with van der Waals surface area (Å²) in [4.78, 5) is 5.56. The van der Waals surface area contributed by atoms with Gasteiger partial charge in [-0.05, 0) is 37.1 Å². The van der Waals surface area contributed by atoms with Gasteiger partial charge in [-0.25, -0.2) is 13.8 Å². The second-order valence-corrected chi connectivity index (χ2v) is 6.47. The SMILES string of the molecule is CCc1nc(-c2cc(F)ccc2F)sc1CNCC(C)C. The van der Waals surface area contributed by atoms with Gasteiger partial charge in [0.2, 0.25) is 0 Å². The maximum atomic E-state index is 13.8. The molecule has 2 rings (SSSR count). The molecule has 0 saturated heterocycles. The smallest absolute Gasteiger partial charge is 0.133 e. The number of hydrogen-bond donors (Lipinski definition) is 1. The van der Waals surface area contributed by atoms with Gasteiger partial charge in [-0.3, -0.25) is 0 Å². The second kappa shape index (κ2) is 7.09. The monoisotopic (exact) mass is 310 g/mol. The molecule has 114 valence electrons. The predicted octanol–water partition coefficient (Wildman–Crippen LogP) is 4.40. The van der Waals surface area contributed by atoms with E-state index in [1.807, 2.05) is 6.92 Å². The van der Waals surface area contributed by atoms with Crippen LogP contribution < -0.4 is 5.32 Å². The average molecular weight is 310 g/mol. The van der Waals surface area contributed by atoms with Crippen molar-refractivity contribution in [3.05, 3.63) is 40.4 Å². The van der Waals surface area contributed by atoms with Crippen LogP contribution in [-0.2, 0) is 13.0 Å². The molecule has 0 saturated carbocycles. The molecule has 0 bridgehead atoms. The van der Waals surface area contributed by atoms with Crippen molar-refractivity contribution < 1.29 is 8.78 Å². The molecule has 21 heavy (non-hydrogen) atoms. The minimum atomic E-state index is -0.445. The first-order valence-electron chi connectivity index (χ1n) is 7.16. The first-order chi connectivity index (χ1) is 10.0. The van der Waals surface area contributed by atoms with Crippen molar-refractivity contribution in [2.45, 2.75) is 33.7 Å². The minimum absolute atomic E-state index is 0.241. The number of aromatic nitrogens is 1. The van der Waals surface area contributed by atoms with E-state index in [0.29, 0.717) is 10.9 Å². The van der Waals surface area contributed by atoms with E-state index in [9.17, 15) is 8.78 Å². The number of nitrogens with zero attached hydrogens (tertiary/aromatic N) is 1. The topological polar surface area (TPSA) is 24.9 Å². The Balaban J connectivity index is 2.25. The number of hydrogen-bond acceptors (Lipinski definition) is 3. The van der Waals surface area contributed by atoms with Crippen LogP contribution in [0.3, 0.4) is 0 Å². The quantitative estimate of drug-likeness (QED) is 0.855.